The second-order valence-electron chi connectivity index (χ2n) is 6.11. The van der Waals surface area contributed by atoms with Gasteiger partial charge in [-0.05, 0) is 12.0 Å². The number of para-hydroxylation sites is 1. The highest BCUT2D eigenvalue weighted by atomic mass is 32.2. The molecule has 0 aliphatic rings. The van der Waals surface area contributed by atoms with Gasteiger partial charge in [0.05, 0.1) is 11.3 Å². The Morgan fingerprint density at radius 1 is 1.20 bits per heavy atom. The Hall–Kier alpha value is -2.61. The molecule has 1 aromatic carbocycles. The minimum absolute atomic E-state index is 0.482. The maximum absolute atomic E-state index is 5.76. The molecular weight excluding hydrogens is 338 g/mol. The van der Waals surface area contributed by atoms with E-state index in [1.165, 1.54) is 11.8 Å². The van der Waals surface area contributed by atoms with E-state index in [0.717, 1.165) is 22.9 Å². The number of aromatic nitrogens is 5. The maximum Gasteiger partial charge on any atom is 0.277 e. The molecule has 4 aromatic rings. The Bertz CT molecular complexity index is 988. The Morgan fingerprint density at radius 3 is 2.96 bits per heavy atom. The van der Waals surface area contributed by atoms with Crippen LogP contribution in [0.5, 0.6) is 0 Å². The number of nitrogens with one attached hydrogen (secondary N) is 1. The molecule has 3 heterocycles. The van der Waals surface area contributed by atoms with E-state index < -0.39 is 0 Å². The first-order valence-electron chi connectivity index (χ1n) is 8.03. The average molecular weight is 355 g/mol. The molecule has 0 amide bonds. The standard InChI is InChI=1S/C17H17N5O2S/c1-10(2)7-15-19-14(22-24-15)9-25-17-21-20-16(23-17)12-8-18-13-6-4-3-5-11(12)13/h3-6,8,10,18H,7,9H2,1-2H3. The van der Waals surface area contributed by atoms with Gasteiger partial charge in [0.1, 0.15) is 0 Å². The Labute approximate surface area is 148 Å². The number of fused-ring (bicyclic) bond motifs is 1. The summed E-state index contributed by atoms with van der Waals surface area (Å²) in [5.41, 5.74) is 1.93. The van der Waals surface area contributed by atoms with Gasteiger partial charge < -0.3 is 13.9 Å². The zero-order valence-electron chi connectivity index (χ0n) is 13.9. The summed E-state index contributed by atoms with van der Waals surface area (Å²) in [7, 11) is 0. The fourth-order valence-electron chi connectivity index (χ4n) is 2.53. The predicted octanol–water partition coefficient (Wildman–Crippen LogP) is 4.09. The molecule has 0 unspecified atom stereocenters. The smallest absolute Gasteiger partial charge is 0.277 e. The molecule has 0 saturated heterocycles. The maximum atomic E-state index is 5.76. The third kappa shape index (κ3) is 3.43. The normalized spacial score (nSPS) is 11.6. The van der Waals surface area contributed by atoms with E-state index >= 15 is 0 Å². The zero-order valence-corrected chi connectivity index (χ0v) is 14.7. The highest BCUT2D eigenvalue weighted by Crippen LogP contribution is 2.30. The number of aromatic amines is 1. The summed E-state index contributed by atoms with van der Waals surface area (Å²) in [4.78, 5) is 7.57. The summed E-state index contributed by atoms with van der Waals surface area (Å²) in [6.45, 7) is 4.23. The molecule has 4 rings (SSSR count). The molecule has 0 spiro atoms. The average Bonchev–Trinajstić information content (AvgIpc) is 3.31. The summed E-state index contributed by atoms with van der Waals surface area (Å²) in [6, 6.07) is 8.00. The molecule has 128 valence electrons. The number of H-pyrrole nitrogens is 1. The lowest BCUT2D eigenvalue weighted by Crippen LogP contribution is -1.94. The molecule has 0 saturated carbocycles. The van der Waals surface area contributed by atoms with E-state index in [0.29, 0.717) is 34.5 Å². The van der Waals surface area contributed by atoms with Crippen molar-refractivity contribution in [3.8, 4) is 11.5 Å². The summed E-state index contributed by atoms with van der Waals surface area (Å²) >= 11 is 1.39. The van der Waals surface area contributed by atoms with Gasteiger partial charge >= 0.3 is 0 Å². The van der Waals surface area contributed by atoms with Gasteiger partial charge in [-0.25, -0.2) is 0 Å². The molecule has 0 aliphatic carbocycles. The van der Waals surface area contributed by atoms with Crippen LogP contribution in [0, 0.1) is 5.92 Å². The van der Waals surface area contributed by atoms with Gasteiger partial charge in [0.25, 0.3) is 11.1 Å². The van der Waals surface area contributed by atoms with E-state index in [-0.39, 0.29) is 0 Å². The first kappa shape index (κ1) is 15.9. The van der Waals surface area contributed by atoms with Crippen LogP contribution in [0.3, 0.4) is 0 Å². The first-order chi connectivity index (χ1) is 12.2. The molecule has 1 N–H and O–H groups in total. The molecule has 0 radical (unpaired) electrons. The highest BCUT2D eigenvalue weighted by Gasteiger charge is 2.15. The van der Waals surface area contributed by atoms with Crippen molar-refractivity contribution in [1.82, 2.24) is 25.3 Å². The summed E-state index contributed by atoms with van der Waals surface area (Å²) < 4.78 is 11.0. The van der Waals surface area contributed by atoms with Crippen LogP contribution in [0.15, 0.2) is 44.6 Å². The molecule has 3 aromatic heterocycles. The van der Waals surface area contributed by atoms with Crippen molar-refractivity contribution < 1.29 is 8.94 Å². The van der Waals surface area contributed by atoms with Gasteiger partial charge in [-0.1, -0.05) is 49.0 Å². The third-order valence-electron chi connectivity index (χ3n) is 3.64. The lowest BCUT2D eigenvalue weighted by molar-refractivity contribution is 0.360. The largest absolute Gasteiger partial charge is 0.411 e. The van der Waals surface area contributed by atoms with Crippen molar-refractivity contribution in [2.24, 2.45) is 5.92 Å². The molecule has 0 bridgehead atoms. The fraction of sp³-hybridized carbons (Fsp3) is 0.294. The molecule has 25 heavy (non-hydrogen) atoms. The number of rotatable bonds is 6. The van der Waals surface area contributed by atoms with Gasteiger partial charge in [-0.15, -0.1) is 10.2 Å². The minimum Gasteiger partial charge on any atom is -0.411 e. The van der Waals surface area contributed by atoms with Crippen molar-refractivity contribution in [1.29, 1.82) is 0 Å². The minimum atomic E-state index is 0.482. The van der Waals surface area contributed by atoms with Crippen molar-refractivity contribution in [2.45, 2.75) is 31.2 Å². The summed E-state index contributed by atoms with van der Waals surface area (Å²) in [5, 5.41) is 13.8. The van der Waals surface area contributed by atoms with E-state index in [2.05, 4.69) is 39.2 Å². The van der Waals surface area contributed by atoms with Crippen LogP contribution >= 0.6 is 11.8 Å². The van der Waals surface area contributed by atoms with Crippen molar-refractivity contribution in [3.63, 3.8) is 0 Å². The topological polar surface area (TPSA) is 93.6 Å². The van der Waals surface area contributed by atoms with Crippen LogP contribution in [0.1, 0.15) is 25.6 Å². The Kier molecular flexibility index (Phi) is 4.27. The quantitative estimate of drug-likeness (QED) is 0.521. The number of benzene rings is 1. The Morgan fingerprint density at radius 2 is 2.08 bits per heavy atom. The Balaban J connectivity index is 1.46. The summed E-state index contributed by atoms with van der Waals surface area (Å²) in [5.74, 6) is 2.80. The SMILES string of the molecule is CC(C)Cc1nc(CSc2nnc(-c3c[nH]c4ccccc34)o2)no1. The third-order valence-corrected chi connectivity index (χ3v) is 4.46. The second-order valence-corrected chi connectivity index (χ2v) is 7.04. The van der Waals surface area contributed by atoms with Gasteiger partial charge in [0.15, 0.2) is 5.82 Å². The zero-order chi connectivity index (χ0) is 17.2. The molecular formula is C17H17N5O2S. The number of hydrogen-bond acceptors (Lipinski definition) is 7. The predicted molar refractivity (Wildman–Crippen MR) is 94.0 cm³/mol. The second kappa shape index (κ2) is 6.72. The number of nitrogens with zero attached hydrogens (tertiary/aromatic N) is 4. The number of thioether (sulfide) groups is 1. The van der Waals surface area contributed by atoms with Crippen LogP contribution < -0.4 is 0 Å². The summed E-state index contributed by atoms with van der Waals surface area (Å²) in [6.07, 6.45) is 2.66. The first-order valence-corrected chi connectivity index (χ1v) is 9.02. The van der Waals surface area contributed by atoms with E-state index in [4.69, 9.17) is 8.94 Å². The number of hydrogen-bond donors (Lipinski definition) is 1. The lowest BCUT2D eigenvalue weighted by Gasteiger charge is -1.95. The van der Waals surface area contributed by atoms with Crippen molar-refractivity contribution in [3.05, 3.63) is 42.2 Å². The van der Waals surface area contributed by atoms with Crippen LogP contribution in [0.25, 0.3) is 22.4 Å². The monoisotopic (exact) mass is 355 g/mol. The van der Waals surface area contributed by atoms with E-state index in [1.54, 1.807) is 0 Å². The van der Waals surface area contributed by atoms with E-state index in [1.807, 2.05) is 30.5 Å². The fourth-order valence-corrected chi connectivity index (χ4v) is 3.14. The van der Waals surface area contributed by atoms with Gasteiger partial charge in [0.2, 0.25) is 5.89 Å². The van der Waals surface area contributed by atoms with Crippen LogP contribution in [0.4, 0.5) is 0 Å². The molecule has 0 aliphatic heterocycles. The lowest BCUT2D eigenvalue weighted by atomic mass is 10.1. The van der Waals surface area contributed by atoms with Crippen molar-refractivity contribution in [2.75, 3.05) is 0 Å². The van der Waals surface area contributed by atoms with Crippen molar-refractivity contribution >= 4 is 22.7 Å². The molecule has 8 heteroatoms. The van der Waals surface area contributed by atoms with Gasteiger partial charge in [-0.2, -0.15) is 4.98 Å². The molecule has 0 fully saturated rings. The van der Waals surface area contributed by atoms with Crippen LogP contribution in [-0.4, -0.2) is 25.3 Å². The van der Waals surface area contributed by atoms with Gasteiger partial charge in [-0.3, -0.25) is 0 Å². The highest BCUT2D eigenvalue weighted by molar-refractivity contribution is 7.98. The molecule has 7 nitrogen and oxygen atoms in total. The van der Waals surface area contributed by atoms with E-state index in [9.17, 15) is 0 Å². The van der Waals surface area contributed by atoms with Gasteiger partial charge in [0, 0.05) is 23.5 Å². The van der Waals surface area contributed by atoms with Crippen LogP contribution in [0.2, 0.25) is 0 Å². The van der Waals surface area contributed by atoms with Crippen LogP contribution in [-0.2, 0) is 12.2 Å². The molecule has 0 atom stereocenters.